The number of carbonyl (C=O) groups is 2. The van der Waals surface area contributed by atoms with Gasteiger partial charge in [-0.05, 0) is 70.0 Å². The number of hydrogen-bond acceptors (Lipinski definition) is 10. The van der Waals surface area contributed by atoms with Crippen molar-refractivity contribution in [2.75, 3.05) is 0 Å². The smallest absolute Gasteiger partial charge is 0.871 e. The van der Waals surface area contributed by atoms with Crippen molar-refractivity contribution in [1.29, 1.82) is 0 Å². The van der Waals surface area contributed by atoms with Crippen molar-refractivity contribution in [3.63, 3.8) is 0 Å². The molecule has 0 spiro atoms. The second kappa shape index (κ2) is 15.3. The third kappa shape index (κ3) is 8.82. The first-order valence-corrected chi connectivity index (χ1v) is 11.5. The van der Waals surface area contributed by atoms with Crippen LogP contribution in [0.1, 0.15) is 31.8 Å². The van der Waals surface area contributed by atoms with E-state index in [1.807, 2.05) is 0 Å². The molecule has 0 atom stereocenters. The minimum Gasteiger partial charge on any atom is -0.871 e. The zero-order valence-electron chi connectivity index (χ0n) is 21.2. The number of nitrogens with zero attached hydrogens (tertiary/aromatic N) is 2. The molecule has 0 aliphatic carbocycles. The van der Waals surface area contributed by atoms with E-state index in [9.17, 15) is 29.6 Å². The Morgan fingerprint density at radius 3 is 1.24 bits per heavy atom. The molecule has 0 bridgehead atoms. The maximum absolute atomic E-state index is 11.9. The van der Waals surface area contributed by atoms with Crippen molar-refractivity contribution >= 4 is 35.5 Å². The molecular weight excluding hydrogens is 572 g/mol. The van der Waals surface area contributed by atoms with Crippen molar-refractivity contribution in [2.45, 2.75) is 0 Å². The fraction of sp³-hybridized carbons (Fsp3) is 0. The van der Waals surface area contributed by atoms with Crippen LogP contribution >= 0.6 is 0 Å². The summed E-state index contributed by atoms with van der Waals surface area (Å²) in [4.78, 5) is 44.6. The van der Waals surface area contributed by atoms with Crippen molar-refractivity contribution in [2.24, 2.45) is 10.4 Å². The first kappa shape index (κ1) is 31.8. The Balaban J connectivity index is 0.000000280. The van der Waals surface area contributed by atoms with E-state index >= 15 is 0 Å². The van der Waals surface area contributed by atoms with Crippen LogP contribution in [-0.4, -0.2) is 11.9 Å². The van der Waals surface area contributed by atoms with E-state index in [0.717, 1.165) is 35.4 Å². The van der Waals surface area contributed by atoms with Crippen LogP contribution in [0.15, 0.2) is 108 Å². The standard InChI is InChI=1S/2C15H11NO4.Fe/c2*1-2-10-3-6-12(7-4-10)20-15(18)11-5-8-14(17)13(9-11)16-19;/h2*2-9,17H,1H2;/q;;+2/p-2. The van der Waals surface area contributed by atoms with Crippen LogP contribution in [0, 0.1) is 9.81 Å². The van der Waals surface area contributed by atoms with Crippen LogP contribution in [0.3, 0.4) is 0 Å². The fourth-order valence-corrected chi connectivity index (χ4v) is 3.11. The maximum Gasteiger partial charge on any atom is 2.00 e. The molecule has 0 aromatic heterocycles. The molecule has 0 aliphatic heterocycles. The molecule has 4 rings (SSSR count). The van der Waals surface area contributed by atoms with Gasteiger partial charge in [0, 0.05) is 0 Å². The van der Waals surface area contributed by atoms with Gasteiger partial charge in [0.05, 0.1) is 11.1 Å². The summed E-state index contributed by atoms with van der Waals surface area (Å²) in [5.74, 6) is -1.69. The topological polar surface area (TPSA) is 158 Å². The molecular formula is C30H20FeN2O8. The molecule has 0 fully saturated rings. The molecule has 11 heteroatoms. The van der Waals surface area contributed by atoms with Gasteiger partial charge in [0.25, 0.3) is 0 Å². The second-order valence-corrected chi connectivity index (χ2v) is 7.87. The van der Waals surface area contributed by atoms with Crippen LogP contribution in [0.25, 0.3) is 12.2 Å². The Kier molecular flexibility index (Phi) is 11.9. The van der Waals surface area contributed by atoms with Crippen molar-refractivity contribution in [1.82, 2.24) is 0 Å². The largest absolute Gasteiger partial charge is 2.00 e. The summed E-state index contributed by atoms with van der Waals surface area (Å²) in [5, 5.41) is 27.5. The van der Waals surface area contributed by atoms with E-state index in [1.165, 1.54) is 12.1 Å². The SMILES string of the molecule is C=Cc1ccc(OC(=O)c2ccc([O-])c(N=O)c2)cc1.C=Cc1ccc(OC(=O)c2ccc([O-])c(N=O)c2)cc1.[Fe+2]. The van der Waals surface area contributed by atoms with Gasteiger partial charge in [-0.3, -0.25) is 0 Å². The number of carbonyl (C=O) groups excluding carboxylic acids is 2. The Bertz CT molecular complexity index is 1450. The number of benzene rings is 4. The summed E-state index contributed by atoms with van der Waals surface area (Å²) in [6.45, 7) is 7.24. The second-order valence-electron chi connectivity index (χ2n) is 7.87. The first-order chi connectivity index (χ1) is 19.3. The first-order valence-electron chi connectivity index (χ1n) is 11.5. The molecule has 4 aromatic rings. The molecule has 0 heterocycles. The maximum atomic E-state index is 11.9. The van der Waals surface area contributed by atoms with E-state index < -0.39 is 23.4 Å². The van der Waals surface area contributed by atoms with Gasteiger partial charge in [0.15, 0.2) is 0 Å². The molecule has 0 N–H and O–H groups in total. The van der Waals surface area contributed by atoms with Crippen molar-refractivity contribution < 1.29 is 46.3 Å². The van der Waals surface area contributed by atoms with Gasteiger partial charge in [0.1, 0.15) is 22.9 Å². The summed E-state index contributed by atoms with van der Waals surface area (Å²) >= 11 is 0. The molecule has 0 saturated carbocycles. The van der Waals surface area contributed by atoms with Crippen molar-refractivity contribution in [3.05, 3.63) is 130 Å². The van der Waals surface area contributed by atoms with E-state index in [1.54, 1.807) is 60.7 Å². The van der Waals surface area contributed by atoms with Gasteiger partial charge in [-0.2, -0.15) is 0 Å². The van der Waals surface area contributed by atoms with Crippen LogP contribution in [0.2, 0.25) is 0 Å². The zero-order chi connectivity index (χ0) is 29.1. The molecule has 206 valence electrons. The van der Waals surface area contributed by atoms with Crippen LogP contribution in [-0.2, 0) is 17.1 Å². The number of esters is 2. The molecule has 0 saturated heterocycles. The van der Waals surface area contributed by atoms with E-state index in [2.05, 4.69) is 23.5 Å². The number of hydrogen-bond donors (Lipinski definition) is 0. The van der Waals surface area contributed by atoms with E-state index in [4.69, 9.17) is 9.47 Å². The minimum atomic E-state index is -0.666. The molecule has 0 unspecified atom stereocenters. The van der Waals surface area contributed by atoms with Gasteiger partial charge in [-0.25, -0.2) is 9.59 Å². The van der Waals surface area contributed by atoms with Crippen LogP contribution < -0.4 is 19.7 Å². The Morgan fingerprint density at radius 2 is 0.951 bits per heavy atom. The average Bonchev–Trinajstić information content (AvgIpc) is 2.98. The minimum absolute atomic E-state index is 0. The summed E-state index contributed by atoms with van der Waals surface area (Å²) in [6.07, 6.45) is 3.33. The summed E-state index contributed by atoms with van der Waals surface area (Å²) < 4.78 is 10.2. The molecule has 4 aromatic carbocycles. The zero-order valence-corrected chi connectivity index (χ0v) is 22.3. The monoisotopic (exact) mass is 592 g/mol. The summed E-state index contributed by atoms with van der Waals surface area (Å²) in [7, 11) is 0. The van der Waals surface area contributed by atoms with E-state index in [-0.39, 0.29) is 39.6 Å². The predicted molar refractivity (Wildman–Crippen MR) is 146 cm³/mol. The van der Waals surface area contributed by atoms with Crippen LogP contribution in [0.4, 0.5) is 11.4 Å². The molecule has 0 aliphatic rings. The summed E-state index contributed by atoms with van der Waals surface area (Å²) in [5.41, 5.74) is 1.34. The third-order valence-corrected chi connectivity index (χ3v) is 5.24. The molecule has 10 nitrogen and oxygen atoms in total. The van der Waals surface area contributed by atoms with Gasteiger partial charge in [0.2, 0.25) is 0 Å². The molecule has 41 heavy (non-hydrogen) atoms. The van der Waals surface area contributed by atoms with Crippen LogP contribution in [0.5, 0.6) is 23.0 Å². The number of ether oxygens (including phenoxy) is 2. The Hall–Kier alpha value is -5.38. The number of nitroso groups, excluding NO2 is 2. The Labute approximate surface area is 245 Å². The van der Waals surface area contributed by atoms with Gasteiger partial charge < -0.3 is 19.7 Å². The fourth-order valence-electron chi connectivity index (χ4n) is 3.11. The Morgan fingerprint density at radius 1 is 0.610 bits per heavy atom. The normalized spacial score (nSPS) is 9.56. The molecule has 0 amide bonds. The quantitative estimate of drug-likeness (QED) is 0.104. The van der Waals surface area contributed by atoms with Gasteiger partial charge >= 0.3 is 29.0 Å². The van der Waals surface area contributed by atoms with E-state index in [0.29, 0.717) is 11.5 Å². The molecule has 0 radical (unpaired) electrons. The third-order valence-electron chi connectivity index (χ3n) is 5.24. The van der Waals surface area contributed by atoms with Gasteiger partial charge in [-0.15, -0.1) is 9.81 Å². The summed E-state index contributed by atoms with van der Waals surface area (Å²) in [6, 6.07) is 20.5. The van der Waals surface area contributed by atoms with Gasteiger partial charge in [-0.1, -0.05) is 73.2 Å². The predicted octanol–water partition coefficient (Wildman–Crippen LogP) is 6.04. The average molecular weight is 592 g/mol. The number of rotatable bonds is 8. The van der Waals surface area contributed by atoms with Crippen molar-refractivity contribution in [3.8, 4) is 23.0 Å².